The SMILES string of the molecule is CC1=CC(c2cc(C)cc(C)c2)C=C(C)C1(OCC1CO1)OCC1CO1. The van der Waals surface area contributed by atoms with Crippen LogP contribution >= 0.6 is 0 Å². The molecule has 0 spiro atoms. The number of hydrogen-bond donors (Lipinski definition) is 0. The molecule has 4 rings (SSSR count). The molecular formula is C22H28O4. The molecule has 3 aliphatic rings. The first-order valence-electron chi connectivity index (χ1n) is 9.43. The fraction of sp³-hybridized carbons (Fsp3) is 0.545. The van der Waals surface area contributed by atoms with Crippen LogP contribution in [0.3, 0.4) is 0 Å². The van der Waals surface area contributed by atoms with Crippen LogP contribution in [0.25, 0.3) is 0 Å². The Kier molecular flexibility index (Phi) is 4.78. The molecule has 0 aromatic heterocycles. The number of hydrogen-bond acceptors (Lipinski definition) is 4. The smallest absolute Gasteiger partial charge is 0.213 e. The van der Waals surface area contributed by atoms with Crippen molar-refractivity contribution in [1.82, 2.24) is 0 Å². The van der Waals surface area contributed by atoms with E-state index in [0.29, 0.717) is 13.2 Å². The Bertz CT molecular complexity index is 682. The highest BCUT2D eigenvalue weighted by Gasteiger charge is 2.43. The highest BCUT2D eigenvalue weighted by Crippen LogP contribution is 2.41. The molecule has 1 aliphatic carbocycles. The summed E-state index contributed by atoms with van der Waals surface area (Å²) in [6.07, 6.45) is 4.93. The molecule has 2 fully saturated rings. The molecule has 2 aliphatic heterocycles. The molecule has 0 radical (unpaired) electrons. The summed E-state index contributed by atoms with van der Waals surface area (Å²) in [5.41, 5.74) is 6.09. The minimum atomic E-state index is -0.798. The van der Waals surface area contributed by atoms with Gasteiger partial charge in [-0.25, -0.2) is 0 Å². The van der Waals surface area contributed by atoms with Gasteiger partial charge in [0.2, 0.25) is 5.79 Å². The maximum absolute atomic E-state index is 6.29. The average Bonchev–Trinajstić information content (AvgIpc) is 3.47. The number of ether oxygens (including phenoxy) is 4. The van der Waals surface area contributed by atoms with E-state index in [2.05, 4.69) is 58.0 Å². The Morgan fingerprint density at radius 2 is 1.31 bits per heavy atom. The fourth-order valence-corrected chi connectivity index (χ4v) is 3.76. The summed E-state index contributed by atoms with van der Waals surface area (Å²) in [7, 11) is 0. The number of epoxide rings is 2. The molecule has 0 bridgehead atoms. The maximum Gasteiger partial charge on any atom is 0.213 e. The Labute approximate surface area is 155 Å². The first-order valence-corrected chi connectivity index (χ1v) is 9.43. The predicted molar refractivity (Wildman–Crippen MR) is 100 cm³/mol. The third-order valence-electron chi connectivity index (χ3n) is 5.28. The van der Waals surface area contributed by atoms with Gasteiger partial charge in [-0.1, -0.05) is 41.5 Å². The van der Waals surface area contributed by atoms with Crippen LogP contribution in [0.15, 0.2) is 41.5 Å². The van der Waals surface area contributed by atoms with Crippen molar-refractivity contribution < 1.29 is 18.9 Å². The molecule has 0 saturated carbocycles. The van der Waals surface area contributed by atoms with Gasteiger partial charge in [0.05, 0.1) is 26.4 Å². The van der Waals surface area contributed by atoms with Crippen molar-refractivity contribution in [3.05, 3.63) is 58.2 Å². The second-order valence-corrected chi connectivity index (χ2v) is 7.80. The normalized spacial score (nSPS) is 32.8. The van der Waals surface area contributed by atoms with E-state index in [-0.39, 0.29) is 18.1 Å². The summed E-state index contributed by atoms with van der Waals surface area (Å²) in [5, 5.41) is 0. The molecule has 2 heterocycles. The van der Waals surface area contributed by atoms with Crippen molar-refractivity contribution in [3.63, 3.8) is 0 Å². The van der Waals surface area contributed by atoms with Crippen LogP contribution in [-0.2, 0) is 18.9 Å². The van der Waals surface area contributed by atoms with Gasteiger partial charge in [0, 0.05) is 5.92 Å². The van der Waals surface area contributed by atoms with E-state index in [0.717, 1.165) is 24.4 Å². The fourth-order valence-electron chi connectivity index (χ4n) is 3.76. The molecule has 1 aromatic carbocycles. The van der Waals surface area contributed by atoms with Crippen LogP contribution in [0.2, 0.25) is 0 Å². The molecule has 2 saturated heterocycles. The van der Waals surface area contributed by atoms with Crippen molar-refractivity contribution >= 4 is 0 Å². The second-order valence-electron chi connectivity index (χ2n) is 7.80. The number of rotatable bonds is 7. The van der Waals surface area contributed by atoms with Gasteiger partial charge in [0.15, 0.2) is 0 Å². The van der Waals surface area contributed by atoms with Gasteiger partial charge < -0.3 is 18.9 Å². The number of allylic oxidation sites excluding steroid dienone is 2. The second kappa shape index (κ2) is 6.93. The largest absolute Gasteiger partial charge is 0.371 e. The van der Waals surface area contributed by atoms with Crippen LogP contribution in [0.5, 0.6) is 0 Å². The van der Waals surface area contributed by atoms with Crippen LogP contribution in [-0.4, -0.2) is 44.4 Å². The Balaban J connectivity index is 1.61. The minimum absolute atomic E-state index is 0.199. The monoisotopic (exact) mass is 356 g/mol. The number of benzene rings is 1. The summed E-state index contributed by atoms with van der Waals surface area (Å²) in [6, 6.07) is 6.73. The van der Waals surface area contributed by atoms with E-state index < -0.39 is 5.79 Å². The molecule has 0 amide bonds. The van der Waals surface area contributed by atoms with Crippen molar-refractivity contribution in [2.75, 3.05) is 26.4 Å². The van der Waals surface area contributed by atoms with Crippen molar-refractivity contribution in [2.45, 2.75) is 51.6 Å². The molecule has 4 nitrogen and oxygen atoms in total. The quantitative estimate of drug-likeness (QED) is 0.423. The van der Waals surface area contributed by atoms with Crippen LogP contribution in [0.4, 0.5) is 0 Å². The molecule has 1 aromatic rings. The lowest BCUT2D eigenvalue weighted by Gasteiger charge is -2.39. The molecule has 0 N–H and O–H groups in total. The summed E-state index contributed by atoms with van der Waals surface area (Å²) in [5.74, 6) is -0.559. The van der Waals surface area contributed by atoms with Gasteiger partial charge in [-0.2, -0.15) is 0 Å². The van der Waals surface area contributed by atoms with Gasteiger partial charge in [-0.3, -0.25) is 0 Å². The van der Waals surface area contributed by atoms with Crippen molar-refractivity contribution in [1.29, 1.82) is 0 Å². The van der Waals surface area contributed by atoms with E-state index in [1.165, 1.54) is 16.7 Å². The Morgan fingerprint density at radius 1 is 0.846 bits per heavy atom. The molecule has 26 heavy (non-hydrogen) atoms. The zero-order valence-corrected chi connectivity index (χ0v) is 16.1. The lowest BCUT2D eigenvalue weighted by Crippen LogP contribution is -2.42. The zero-order chi connectivity index (χ0) is 18.3. The van der Waals surface area contributed by atoms with Crippen molar-refractivity contribution in [2.24, 2.45) is 0 Å². The summed E-state index contributed by atoms with van der Waals surface area (Å²) < 4.78 is 23.2. The van der Waals surface area contributed by atoms with E-state index in [9.17, 15) is 0 Å². The van der Waals surface area contributed by atoms with Gasteiger partial charge in [0.1, 0.15) is 12.2 Å². The van der Waals surface area contributed by atoms with E-state index in [1.807, 2.05) is 0 Å². The highest BCUT2D eigenvalue weighted by atomic mass is 16.7. The zero-order valence-electron chi connectivity index (χ0n) is 16.1. The third-order valence-corrected chi connectivity index (χ3v) is 5.28. The summed E-state index contributed by atoms with van der Waals surface area (Å²) in [4.78, 5) is 0. The average molecular weight is 356 g/mol. The Morgan fingerprint density at radius 3 is 1.73 bits per heavy atom. The maximum atomic E-state index is 6.29. The molecular weight excluding hydrogens is 328 g/mol. The van der Waals surface area contributed by atoms with Crippen LogP contribution in [0, 0.1) is 13.8 Å². The van der Waals surface area contributed by atoms with E-state index >= 15 is 0 Å². The summed E-state index contributed by atoms with van der Waals surface area (Å²) in [6.45, 7) is 11.2. The first-order chi connectivity index (χ1) is 12.5. The topological polar surface area (TPSA) is 43.5 Å². The van der Waals surface area contributed by atoms with E-state index in [1.54, 1.807) is 0 Å². The van der Waals surface area contributed by atoms with Gasteiger partial charge in [-0.15, -0.1) is 0 Å². The van der Waals surface area contributed by atoms with Crippen molar-refractivity contribution in [3.8, 4) is 0 Å². The molecule has 140 valence electrons. The molecule has 4 heteroatoms. The highest BCUT2D eigenvalue weighted by molar-refractivity contribution is 5.43. The standard InChI is InChI=1S/C22H28O4/c1-14-5-15(2)7-18(6-14)19-8-16(3)22(17(4)9-19,25-12-20-10-23-20)26-13-21-11-24-21/h5-9,19-21H,10-13H2,1-4H3. The molecule has 2 unspecified atom stereocenters. The number of aryl methyl sites for hydroxylation is 2. The summed E-state index contributed by atoms with van der Waals surface area (Å²) >= 11 is 0. The van der Waals surface area contributed by atoms with Crippen LogP contribution < -0.4 is 0 Å². The lowest BCUT2D eigenvalue weighted by atomic mass is 9.83. The van der Waals surface area contributed by atoms with Gasteiger partial charge in [-0.05, 0) is 44.4 Å². The van der Waals surface area contributed by atoms with Gasteiger partial charge >= 0.3 is 0 Å². The third kappa shape index (κ3) is 3.79. The van der Waals surface area contributed by atoms with Gasteiger partial charge in [0.25, 0.3) is 0 Å². The lowest BCUT2D eigenvalue weighted by molar-refractivity contribution is -0.191. The first kappa shape index (κ1) is 17.9. The van der Waals surface area contributed by atoms with E-state index in [4.69, 9.17) is 18.9 Å². The predicted octanol–water partition coefficient (Wildman–Crippen LogP) is 3.82. The molecule has 2 atom stereocenters. The van der Waals surface area contributed by atoms with Crippen LogP contribution in [0.1, 0.15) is 36.5 Å². The Hall–Kier alpha value is -1.46. The minimum Gasteiger partial charge on any atom is -0.371 e.